The molecule has 2 aromatic carbocycles. The van der Waals surface area contributed by atoms with Crippen LogP contribution in [0.25, 0.3) is 16.8 Å². The summed E-state index contributed by atoms with van der Waals surface area (Å²) in [6, 6.07) is 12.6. The van der Waals surface area contributed by atoms with Gasteiger partial charge in [-0.1, -0.05) is 41.6 Å². The van der Waals surface area contributed by atoms with Gasteiger partial charge in [0.1, 0.15) is 22.6 Å². The van der Waals surface area contributed by atoms with E-state index in [0.717, 1.165) is 11.1 Å². The third-order valence-electron chi connectivity index (χ3n) is 9.27. The molecule has 2 N–H and O–H groups in total. The number of nitrogens with zero attached hydrogens (tertiary/aromatic N) is 4. The molecule has 57 heavy (non-hydrogen) atoms. The Morgan fingerprint density at radius 3 is 2.40 bits per heavy atom. The zero-order valence-corrected chi connectivity index (χ0v) is 34.2. The molecule has 13 nitrogen and oxygen atoms in total. The average molecular weight is 812 g/mol. The maximum atomic E-state index is 13.8. The standard InChI is InChI=1S/C42H42N4O9S2/c1-23(47)35-28(13-12-25-8-10-26(11-9-25)19-45-17-16-29-27(20-45)14-15-30(36(29)49)39(51)52)21-57-38-31(37(50)46(35)38)18-33(48)34(32-22-56-24(2)43-32)44-55-42(6,7)40(53)54-41(3,4)5/h8-17,20,22,31,38H,18-19,21H2,1-7H3,(H-,49,51,52)/p+1/b13-12+,44-34-/t31-,38-/m1/s1. The summed E-state index contributed by atoms with van der Waals surface area (Å²) < 4.78 is 7.39. The number of rotatable bonds is 13. The second kappa shape index (κ2) is 16.1. The first-order chi connectivity index (χ1) is 26.8. The highest BCUT2D eigenvalue weighted by molar-refractivity contribution is 8.00. The Morgan fingerprint density at radius 2 is 1.77 bits per heavy atom. The van der Waals surface area contributed by atoms with Crippen LogP contribution in [0.2, 0.25) is 0 Å². The van der Waals surface area contributed by atoms with Crippen molar-refractivity contribution in [3.63, 3.8) is 0 Å². The van der Waals surface area contributed by atoms with Gasteiger partial charge in [-0.3, -0.25) is 19.3 Å². The second-order valence-corrected chi connectivity index (χ2v) is 17.5. The minimum Gasteiger partial charge on any atom is -0.506 e. The molecule has 4 aromatic rings. The number of carboxylic acid groups (broad SMARTS) is 1. The zero-order chi connectivity index (χ0) is 41.4. The summed E-state index contributed by atoms with van der Waals surface area (Å²) in [4.78, 5) is 76.1. The van der Waals surface area contributed by atoms with Crippen molar-refractivity contribution in [1.29, 1.82) is 0 Å². The number of aromatic hydroxyl groups is 1. The molecule has 0 bridgehead atoms. The number of ether oxygens (including phenoxy) is 1. The van der Waals surface area contributed by atoms with Crippen LogP contribution >= 0.6 is 23.1 Å². The Bertz CT molecular complexity index is 2390. The van der Waals surface area contributed by atoms with Crippen LogP contribution in [0.4, 0.5) is 0 Å². The normalized spacial score (nSPS) is 17.4. The van der Waals surface area contributed by atoms with E-state index in [1.54, 1.807) is 51.4 Å². The van der Waals surface area contributed by atoms with Gasteiger partial charge in [0.25, 0.3) is 0 Å². The second-order valence-electron chi connectivity index (χ2n) is 15.3. The van der Waals surface area contributed by atoms with Gasteiger partial charge in [0, 0.05) is 46.9 Å². The van der Waals surface area contributed by atoms with Crippen molar-refractivity contribution >= 4 is 75.1 Å². The monoisotopic (exact) mass is 811 g/mol. The number of thiazole rings is 1. The molecule has 0 saturated carbocycles. The zero-order valence-electron chi connectivity index (χ0n) is 32.6. The molecule has 4 heterocycles. The predicted octanol–water partition coefficient (Wildman–Crippen LogP) is 6.23. The Hall–Kier alpha value is -5.67. The first-order valence-electron chi connectivity index (χ1n) is 18.1. The number of carbonyl (C=O) groups excluding carboxylic acids is 4. The molecular formula is C42H43N4O9S2+. The number of carboxylic acids is 1. The van der Waals surface area contributed by atoms with Crippen molar-refractivity contribution in [2.75, 3.05) is 5.75 Å². The highest BCUT2D eigenvalue weighted by atomic mass is 32.2. The molecule has 0 radical (unpaired) electrons. The number of benzene rings is 2. The Morgan fingerprint density at radius 1 is 1.05 bits per heavy atom. The lowest BCUT2D eigenvalue weighted by Crippen LogP contribution is -2.61. The Labute approximate surface area is 337 Å². The highest BCUT2D eigenvalue weighted by Gasteiger charge is 2.53. The summed E-state index contributed by atoms with van der Waals surface area (Å²) in [6.07, 6.45) is 7.16. The molecular weight excluding hydrogens is 769 g/mol. The van der Waals surface area contributed by atoms with Crippen LogP contribution in [0.15, 0.2) is 82.7 Å². The lowest BCUT2D eigenvalue weighted by Gasteiger charge is -2.49. The minimum absolute atomic E-state index is 0.104. The number of oxime groups is 1. The van der Waals surface area contributed by atoms with E-state index in [2.05, 4.69) is 10.1 Å². The molecule has 2 aliphatic heterocycles. The van der Waals surface area contributed by atoms with Crippen LogP contribution in [0.1, 0.15) is 80.1 Å². The van der Waals surface area contributed by atoms with E-state index in [9.17, 15) is 34.2 Å². The van der Waals surface area contributed by atoms with E-state index >= 15 is 0 Å². The van der Waals surface area contributed by atoms with Crippen LogP contribution in [0.5, 0.6) is 5.75 Å². The summed E-state index contributed by atoms with van der Waals surface area (Å²) in [5.41, 5.74) is 0.643. The van der Waals surface area contributed by atoms with Crippen molar-refractivity contribution in [2.24, 2.45) is 11.1 Å². The molecule has 2 atom stereocenters. The van der Waals surface area contributed by atoms with Crippen LogP contribution < -0.4 is 4.57 Å². The number of β-lactam (4-membered cyclic amide) rings is 1. The molecule has 2 aliphatic rings. The SMILES string of the molecule is CC(=O)C1=C(/C=C/c2ccc(C[n+]3ccc4c(O)c(C(=O)O)ccc4c3)cc2)CS[C@@H]2[C@H](CC(=O)/C(=N\OC(C)(C)C(=O)OC(C)(C)C)c3csc(C)n3)C(=O)N12. The number of phenols is 1. The lowest BCUT2D eigenvalue weighted by molar-refractivity contribution is -0.687. The number of aromatic carboxylic acids is 1. The number of aryl methyl sites for hydroxylation is 1. The average Bonchev–Trinajstić information content (AvgIpc) is 3.57. The minimum atomic E-state index is -1.51. The third-order valence-corrected chi connectivity index (χ3v) is 11.4. The molecule has 1 amide bonds. The molecule has 0 aliphatic carbocycles. The number of pyridine rings is 1. The van der Waals surface area contributed by atoms with E-state index in [-0.39, 0.29) is 40.8 Å². The van der Waals surface area contributed by atoms with Gasteiger partial charge in [0.2, 0.25) is 11.5 Å². The summed E-state index contributed by atoms with van der Waals surface area (Å²) in [7, 11) is 0. The number of aromatic nitrogens is 2. The summed E-state index contributed by atoms with van der Waals surface area (Å²) in [6.45, 7) is 11.9. The maximum Gasteiger partial charge on any atom is 0.353 e. The first-order valence-corrected chi connectivity index (χ1v) is 20.0. The predicted molar refractivity (Wildman–Crippen MR) is 216 cm³/mol. The van der Waals surface area contributed by atoms with Crippen molar-refractivity contribution in [2.45, 2.75) is 78.0 Å². The Kier molecular flexibility index (Phi) is 11.5. The number of esters is 1. The fourth-order valence-corrected chi connectivity index (χ4v) is 8.37. The van der Waals surface area contributed by atoms with E-state index in [1.807, 2.05) is 47.2 Å². The number of hydrogen-bond acceptors (Lipinski definition) is 12. The fourth-order valence-electron chi connectivity index (χ4n) is 6.38. The van der Waals surface area contributed by atoms with E-state index in [1.165, 1.54) is 54.8 Å². The Balaban J connectivity index is 1.14. The van der Waals surface area contributed by atoms with E-state index in [4.69, 9.17) is 9.57 Å². The van der Waals surface area contributed by atoms with Gasteiger partial charge in [-0.05, 0) is 64.8 Å². The topological polar surface area (TPSA) is 177 Å². The van der Waals surface area contributed by atoms with Crippen LogP contribution in [-0.2, 0) is 35.3 Å². The summed E-state index contributed by atoms with van der Waals surface area (Å²) in [5.74, 6) is -3.44. The van der Waals surface area contributed by atoms with Gasteiger partial charge in [-0.2, -0.15) is 0 Å². The molecule has 1 saturated heterocycles. The highest BCUT2D eigenvalue weighted by Crippen LogP contribution is 2.46. The molecule has 0 unspecified atom stereocenters. The summed E-state index contributed by atoms with van der Waals surface area (Å²) >= 11 is 2.80. The van der Waals surface area contributed by atoms with Crippen LogP contribution in [0, 0.1) is 12.8 Å². The molecule has 0 spiro atoms. The number of allylic oxidation sites excluding steroid dienone is 2. The first kappa shape index (κ1) is 41.0. The number of hydrogen-bond donors (Lipinski definition) is 2. The number of carbonyl (C=O) groups is 5. The fraction of sp³-hybridized carbons (Fsp3) is 0.333. The number of ketones is 2. The van der Waals surface area contributed by atoms with Crippen molar-refractivity contribution in [3.05, 3.63) is 105 Å². The number of amides is 1. The van der Waals surface area contributed by atoms with Gasteiger partial charge in [0.05, 0.1) is 22.0 Å². The van der Waals surface area contributed by atoms with Crippen molar-refractivity contribution in [1.82, 2.24) is 9.88 Å². The van der Waals surface area contributed by atoms with Gasteiger partial charge >= 0.3 is 11.9 Å². The number of Topliss-reactive ketones (excluding diaryl/α,β-unsaturated/α-hetero) is 2. The van der Waals surface area contributed by atoms with Crippen molar-refractivity contribution < 1.29 is 48.3 Å². The third kappa shape index (κ3) is 8.99. The van der Waals surface area contributed by atoms with Crippen LogP contribution in [-0.4, -0.2) is 77.5 Å². The van der Waals surface area contributed by atoms with Gasteiger partial charge in [0.15, 0.2) is 36.2 Å². The van der Waals surface area contributed by atoms with E-state index in [0.29, 0.717) is 39.3 Å². The maximum absolute atomic E-state index is 13.8. The van der Waals surface area contributed by atoms with Crippen molar-refractivity contribution in [3.8, 4) is 5.75 Å². The largest absolute Gasteiger partial charge is 0.506 e. The number of thioether (sulfide) groups is 1. The molecule has 296 valence electrons. The quantitative estimate of drug-likeness (QED) is 0.0515. The number of fused-ring (bicyclic) bond motifs is 2. The van der Waals surface area contributed by atoms with Gasteiger partial charge in [-0.25, -0.2) is 19.1 Å². The molecule has 1 fully saturated rings. The van der Waals surface area contributed by atoms with Gasteiger partial charge in [-0.15, -0.1) is 23.1 Å². The molecule has 15 heteroatoms. The lowest BCUT2D eigenvalue weighted by atomic mass is 9.88. The van der Waals surface area contributed by atoms with Gasteiger partial charge < -0.3 is 19.8 Å². The summed E-state index contributed by atoms with van der Waals surface area (Å²) in [5, 5.41) is 26.9. The molecule has 2 aromatic heterocycles. The smallest absolute Gasteiger partial charge is 0.353 e. The van der Waals surface area contributed by atoms with E-state index < -0.39 is 40.2 Å². The molecule has 6 rings (SSSR count). The van der Waals surface area contributed by atoms with Crippen LogP contribution in [0.3, 0.4) is 0 Å².